The van der Waals surface area contributed by atoms with Crippen LogP contribution in [0.25, 0.3) is 22.2 Å². The van der Waals surface area contributed by atoms with Crippen LogP contribution in [0.2, 0.25) is 10.0 Å². The number of benzene rings is 1. The van der Waals surface area contributed by atoms with Gasteiger partial charge in [-0.1, -0.05) is 23.2 Å². The van der Waals surface area contributed by atoms with Crippen molar-refractivity contribution in [1.29, 1.82) is 5.26 Å². The number of alkyl halides is 2. The summed E-state index contributed by atoms with van der Waals surface area (Å²) in [6.07, 6.45) is 1.80. The molecule has 3 aromatic heterocycles. The largest absolute Gasteiger partial charge is 0.486 e. The van der Waals surface area contributed by atoms with Gasteiger partial charge in [0.25, 0.3) is 0 Å². The van der Waals surface area contributed by atoms with Gasteiger partial charge < -0.3 is 9.64 Å². The second-order valence-electron chi connectivity index (χ2n) is 8.26. The third-order valence-electron chi connectivity index (χ3n) is 5.97. The van der Waals surface area contributed by atoms with Crippen LogP contribution in [0, 0.1) is 17.2 Å². The highest BCUT2D eigenvalue weighted by molar-refractivity contribution is 6.35. The highest BCUT2D eigenvalue weighted by Crippen LogP contribution is 2.36. The molecule has 1 atom stereocenters. The summed E-state index contributed by atoms with van der Waals surface area (Å²) in [7, 11) is 0. The molecule has 4 aromatic rings. The molecule has 7 nitrogen and oxygen atoms in total. The molecule has 1 aliphatic heterocycles. The summed E-state index contributed by atoms with van der Waals surface area (Å²) in [4.78, 5) is 10.0. The number of nitrogens with one attached hydrogen (secondary N) is 1. The predicted octanol–water partition coefficient (Wildman–Crippen LogP) is 6.04. The van der Waals surface area contributed by atoms with Crippen molar-refractivity contribution < 1.29 is 13.5 Å². The first-order valence-corrected chi connectivity index (χ1v) is 11.5. The van der Waals surface area contributed by atoms with Crippen molar-refractivity contribution in [3.05, 3.63) is 64.0 Å². The summed E-state index contributed by atoms with van der Waals surface area (Å²) < 4.78 is 31.8. The predicted molar refractivity (Wildman–Crippen MR) is 129 cm³/mol. The quantitative estimate of drug-likeness (QED) is 0.337. The molecule has 35 heavy (non-hydrogen) atoms. The van der Waals surface area contributed by atoms with Gasteiger partial charge in [-0.2, -0.15) is 10.4 Å². The molecule has 11 heteroatoms. The first-order chi connectivity index (χ1) is 16.9. The maximum Gasteiger partial charge on any atom is 0.244 e. The van der Waals surface area contributed by atoms with Crippen molar-refractivity contribution in [1.82, 2.24) is 20.2 Å². The molecule has 1 fully saturated rings. The number of rotatable bonds is 6. The molecule has 1 saturated heterocycles. The van der Waals surface area contributed by atoms with Gasteiger partial charge in [0.15, 0.2) is 0 Å². The third-order valence-corrected chi connectivity index (χ3v) is 6.57. The van der Waals surface area contributed by atoms with Crippen LogP contribution in [0.4, 0.5) is 14.6 Å². The van der Waals surface area contributed by atoms with E-state index in [1.165, 1.54) is 12.4 Å². The lowest BCUT2D eigenvalue weighted by molar-refractivity contribution is 0.0611. The van der Waals surface area contributed by atoms with Crippen LogP contribution in [0.15, 0.2) is 42.9 Å². The van der Waals surface area contributed by atoms with Gasteiger partial charge in [0.2, 0.25) is 6.43 Å². The van der Waals surface area contributed by atoms with Gasteiger partial charge in [0, 0.05) is 48.2 Å². The zero-order chi connectivity index (χ0) is 24.7. The first kappa shape index (κ1) is 23.3. The van der Waals surface area contributed by atoms with E-state index >= 15 is 0 Å². The number of aromatic nitrogens is 4. The van der Waals surface area contributed by atoms with Gasteiger partial charge in [-0.15, -0.1) is 0 Å². The van der Waals surface area contributed by atoms with Gasteiger partial charge in [-0.25, -0.2) is 13.8 Å². The summed E-state index contributed by atoms with van der Waals surface area (Å²) in [6.45, 7) is 2.19. The molecular formula is C24H18Cl2F2N6O. The van der Waals surface area contributed by atoms with Gasteiger partial charge in [-0.05, 0) is 31.2 Å². The van der Waals surface area contributed by atoms with Gasteiger partial charge in [0.05, 0.1) is 27.0 Å². The summed E-state index contributed by atoms with van der Waals surface area (Å²) >= 11 is 12.5. The smallest absolute Gasteiger partial charge is 0.244 e. The number of hydrogen-bond acceptors (Lipinski definition) is 6. The Balaban J connectivity index is 1.44. The lowest BCUT2D eigenvalue weighted by atomic mass is 9.99. The summed E-state index contributed by atoms with van der Waals surface area (Å²) in [5, 5.41) is 18.6. The number of halogens is 4. The fourth-order valence-electron chi connectivity index (χ4n) is 4.13. The summed E-state index contributed by atoms with van der Waals surface area (Å²) in [5.41, 5.74) is 2.91. The fourth-order valence-corrected chi connectivity index (χ4v) is 4.80. The Labute approximate surface area is 209 Å². The monoisotopic (exact) mass is 514 g/mol. The Morgan fingerprint density at radius 1 is 1.17 bits per heavy atom. The zero-order valence-electron chi connectivity index (χ0n) is 18.3. The molecule has 0 amide bonds. The summed E-state index contributed by atoms with van der Waals surface area (Å²) in [6, 6.07) is 9.25. The van der Waals surface area contributed by atoms with Gasteiger partial charge in [0.1, 0.15) is 29.4 Å². The molecule has 1 unspecified atom stereocenters. The van der Waals surface area contributed by atoms with E-state index in [0.717, 1.165) is 10.9 Å². The SMILES string of the molecule is CC(Oc1ccc2[nH]nc(-c3cnc(N4CC(C(F)F)C4)c(C#N)c3)c2c1)c1c(Cl)cncc1Cl. The van der Waals surface area contributed by atoms with E-state index < -0.39 is 18.4 Å². The van der Waals surface area contributed by atoms with Crippen LogP contribution < -0.4 is 9.64 Å². The van der Waals surface area contributed by atoms with Crippen molar-refractivity contribution >= 4 is 39.9 Å². The van der Waals surface area contributed by atoms with Gasteiger partial charge in [-0.3, -0.25) is 10.1 Å². The van der Waals surface area contributed by atoms with Crippen LogP contribution in [-0.2, 0) is 0 Å². The van der Waals surface area contributed by atoms with Crippen LogP contribution >= 0.6 is 23.2 Å². The Bertz CT molecular complexity index is 1430. The average Bonchev–Trinajstić information content (AvgIpc) is 3.21. The van der Waals surface area contributed by atoms with E-state index in [1.54, 1.807) is 23.2 Å². The number of aromatic amines is 1. The molecule has 1 aromatic carbocycles. The van der Waals surface area contributed by atoms with Crippen molar-refractivity contribution in [3.63, 3.8) is 0 Å². The number of nitrogens with zero attached hydrogens (tertiary/aromatic N) is 5. The minimum Gasteiger partial charge on any atom is -0.486 e. The second-order valence-corrected chi connectivity index (χ2v) is 9.08. The number of anilines is 1. The highest BCUT2D eigenvalue weighted by atomic mass is 35.5. The normalized spacial score (nSPS) is 14.7. The molecular weight excluding hydrogens is 497 g/mol. The maximum absolute atomic E-state index is 12.8. The average molecular weight is 515 g/mol. The minimum atomic E-state index is -2.38. The molecule has 5 rings (SSSR count). The molecule has 0 radical (unpaired) electrons. The van der Waals surface area contributed by atoms with Gasteiger partial charge >= 0.3 is 0 Å². The topological polar surface area (TPSA) is 90.7 Å². The molecule has 0 spiro atoms. The Morgan fingerprint density at radius 3 is 2.60 bits per heavy atom. The van der Waals surface area contributed by atoms with E-state index in [1.807, 2.05) is 19.1 Å². The molecule has 178 valence electrons. The first-order valence-electron chi connectivity index (χ1n) is 10.7. The summed E-state index contributed by atoms with van der Waals surface area (Å²) in [5.74, 6) is 0.272. The molecule has 0 bridgehead atoms. The Hall–Kier alpha value is -3.48. The van der Waals surface area contributed by atoms with Crippen molar-refractivity contribution in [3.8, 4) is 23.1 Å². The number of ether oxygens (including phenoxy) is 1. The van der Waals surface area contributed by atoms with E-state index in [4.69, 9.17) is 27.9 Å². The van der Waals surface area contributed by atoms with Crippen molar-refractivity contribution in [2.45, 2.75) is 19.5 Å². The molecule has 1 aliphatic rings. The van der Waals surface area contributed by atoms with Crippen molar-refractivity contribution in [2.24, 2.45) is 5.92 Å². The van der Waals surface area contributed by atoms with E-state index in [2.05, 4.69) is 26.2 Å². The van der Waals surface area contributed by atoms with Crippen LogP contribution in [0.1, 0.15) is 24.2 Å². The lowest BCUT2D eigenvalue weighted by Gasteiger charge is -2.39. The maximum atomic E-state index is 12.8. The lowest BCUT2D eigenvalue weighted by Crippen LogP contribution is -2.50. The molecule has 4 heterocycles. The second kappa shape index (κ2) is 9.29. The van der Waals surface area contributed by atoms with Crippen LogP contribution in [0.5, 0.6) is 5.75 Å². The van der Waals surface area contributed by atoms with E-state index in [9.17, 15) is 14.0 Å². The van der Waals surface area contributed by atoms with Crippen molar-refractivity contribution in [2.75, 3.05) is 18.0 Å². The third kappa shape index (κ3) is 4.35. The van der Waals surface area contributed by atoms with Crippen LogP contribution in [-0.4, -0.2) is 39.7 Å². The minimum absolute atomic E-state index is 0.175. The Kier molecular flexibility index (Phi) is 6.17. The highest BCUT2D eigenvalue weighted by Gasteiger charge is 2.35. The molecule has 0 aliphatic carbocycles. The standard InChI is InChI=1S/C24H18Cl2F2N6O/c1-12(21-18(25)8-30-9-19(21)26)35-16-2-3-20-17(5-16)22(33-32-20)14-4-13(6-29)24(31-7-14)34-10-15(11-34)23(27)28/h2-5,7-9,12,15,23H,10-11H2,1H3,(H,32,33). The van der Waals surface area contributed by atoms with E-state index in [-0.39, 0.29) is 13.1 Å². The molecule has 0 saturated carbocycles. The number of H-pyrrole nitrogens is 1. The fraction of sp³-hybridized carbons (Fsp3) is 0.250. The Morgan fingerprint density at radius 2 is 1.91 bits per heavy atom. The zero-order valence-corrected chi connectivity index (χ0v) is 19.9. The van der Waals surface area contributed by atoms with E-state index in [0.29, 0.717) is 44.0 Å². The number of pyridine rings is 2. The van der Waals surface area contributed by atoms with Crippen LogP contribution in [0.3, 0.4) is 0 Å². The number of fused-ring (bicyclic) bond motifs is 1. The molecule has 1 N–H and O–H groups in total. The number of hydrogen-bond donors (Lipinski definition) is 1. The number of nitriles is 1.